The molecule has 2 aromatic carbocycles. The van der Waals surface area contributed by atoms with Crippen molar-refractivity contribution in [2.24, 2.45) is 17.8 Å². The summed E-state index contributed by atoms with van der Waals surface area (Å²) in [5.41, 5.74) is 4.93. The monoisotopic (exact) mass is 579 g/mol. The van der Waals surface area contributed by atoms with E-state index in [1.807, 2.05) is 42.5 Å². The number of hydrogen-bond acceptors (Lipinski definition) is 5. The molecule has 0 aromatic heterocycles. The van der Waals surface area contributed by atoms with Gasteiger partial charge >= 0.3 is 0 Å². The first-order valence-corrected chi connectivity index (χ1v) is 14.1. The number of nitrogens with zero attached hydrogens (tertiary/aromatic N) is 1. The first-order valence-electron chi connectivity index (χ1n) is 13.4. The molecule has 7 heteroatoms. The topological polar surface area (TPSA) is 76.1 Å². The second kappa shape index (κ2) is 11.6. The minimum absolute atomic E-state index is 0.109. The molecule has 2 fully saturated rings. The summed E-state index contributed by atoms with van der Waals surface area (Å²) in [7, 11) is 1.67. The van der Waals surface area contributed by atoms with E-state index in [9.17, 15) is 14.7 Å². The van der Waals surface area contributed by atoms with Crippen molar-refractivity contribution in [3.8, 4) is 5.75 Å². The Morgan fingerprint density at radius 1 is 1.13 bits per heavy atom. The van der Waals surface area contributed by atoms with Crippen LogP contribution >= 0.6 is 15.9 Å². The molecule has 2 aromatic rings. The van der Waals surface area contributed by atoms with Crippen molar-refractivity contribution in [3.05, 3.63) is 75.3 Å². The molecular weight excluding hydrogens is 546 g/mol. The number of carbonyl (C=O) groups excluding carboxylic acids is 2. The third kappa shape index (κ3) is 5.12. The number of para-hydroxylation sites is 1. The number of rotatable bonds is 9. The van der Waals surface area contributed by atoms with Crippen LogP contribution in [0.5, 0.6) is 5.75 Å². The van der Waals surface area contributed by atoms with Gasteiger partial charge < -0.3 is 14.6 Å². The van der Waals surface area contributed by atoms with Crippen molar-refractivity contribution in [3.63, 3.8) is 0 Å². The minimum Gasteiger partial charge on any atom is -0.507 e. The van der Waals surface area contributed by atoms with Crippen LogP contribution in [0.4, 0.5) is 5.69 Å². The number of carbonyl (C=O) groups is 2. The van der Waals surface area contributed by atoms with Crippen LogP contribution in [0.2, 0.25) is 0 Å². The van der Waals surface area contributed by atoms with Gasteiger partial charge in [0.05, 0.1) is 36.8 Å². The number of anilines is 1. The van der Waals surface area contributed by atoms with Crippen LogP contribution in [0, 0.1) is 17.8 Å². The predicted octanol–water partition coefficient (Wildman–Crippen LogP) is 6.29. The average Bonchev–Trinajstić information content (AvgIpc) is 3.44. The Labute approximate surface area is 232 Å². The van der Waals surface area contributed by atoms with Gasteiger partial charge in [-0.3, -0.25) is 14.5 Å². The number of hydrogen-bond donors (Lipinski definition) is 1. The lowest BCUT2D eigenvalue weighted by Gasteiger charge is -2.31. The Balaban J connectivity index is 1.39. The van der Waals surface area contributed by atoms with E-state index in [4.69, 9.17) is 9.47 Å². The third-order valence-electron chi connectivity index (χ3n) is 7.99. The molecule has 2 heterocycles. The molecule has 2 aliphatic heterocycles. The number of phenolic OH excluding ortho intramolecular Hbond substituents is 1. The molecule has 0 radical (unpaired) electrons. The number of imide groups is 1. The molecule has 0 saturated carbocycles. The van der Waals surface area contributed by atoms with E-state index in [1.54, 1.807) is 13.2 Å². The van der Waals surface area contributed by atoms with E-state index in [2.05, 4.69) is 28.9 Å². The molecule has 2 amide bonds. The summed E-state index contributed by atoms with van der Waals surface area (Å²) in [6.45, 7) is 3.03. The van der Waals surface area contributed by atoms with E-state index < -0.39 is 5.92 Å². The lowest BCUT2D eigenvalue weighted by molar-refractivity contribution is -0.122. The summed E-state index contributed by atoms with van der Waals surface area (Å²) >= 11 is 3.49. The normalized spacial score (nSPS) is 25.2. The zero-order valence-electron chi connectivity index (χ0n) is 21.9. The molecule has 38 heavy (non-hydrogen) atoms. The highest BCUT2D eigenvalue weighted by atomic mass is 79.9. The SMILES string of the molecule is CCC/C(=C\c1cc(Br)ccc1O)CC[C@H]1OC[C@H]2C1=C(COC)C[C@H]1C(=O)N(c3ccccc3)C(=O)[C@H]12. The first kappa shape index (κ1) is 26.9. The number of fused-ring (bicyclic) bond motifs is 3. The van der Waals surface area contributed by atoms with Crippen LogP contribution in [0.3, 0.4) is 0 Å². The Morgan fingerprint density at radius 3 is 2.66 bits per heavy atom. The minimum atomic E-state index is -0.396. The van der Waals surface area contributed by atoms with Crippen molar-refractivity contribution in [2.45, 2.75) is 45.1 Å². The second-order valence-corrected chi connectivity index (χ2v) is 11.3. The van der Waals surface area contributed by atoms with Gasteiger partial charge in [-0.25, -0.2) is 0 Å². The highest BCUT2D eigenvalue weighted by Gasteiger charge is 2.57. The molecule has 0 unspecified atom stereocenters. The fourth-order valence-electron chi connectivity index (χ4n) is 6.38. The van der Waals surface area contributed by atoms with Crippen molar-refractivity contribution >= 4 is 39.5 Å². The van der Waals surface area contributed by atoms with Gasteiger partial charge in [0.25, 0.3) is 0 Å². The first-order chi connectivity index (χ1) is 18.4. The molecular formula is C31H34BrNO5. The van der Waals surface area contributed by atoms with Gasteiger partial charge in [-0.1, -0.05) is 59.1 Å². The van der Waals surface area contributed by atoms with Crippen LogP contribution in [0.15, 0.2) is 69.7 Å². The largest absolute Gasteiger partial charge is 0.507 e. The Bertz CT molecular complexity index is 1270. The van der Waals surface area contributed by atoms with E-state index >= 15 is 0 Å². The Kier molecular flexibility index (Phi) is 8.17. The van der Waals surface area contributed by atoms with Crippen molar-refractivity contribution < 1.29 is 24.2 Å². The molecule has 4 atom stereocenters. The van der Waals surface area contributed by atoms with Crippen molar-refractivity contribution in [2.75, 3.05) is 25.2 Å². The number of allylic oxidation sites excluding steroid dienone is 1. The molecule has 5 rings (SSSR count). The van der Waals surface area contributed by atoms with Gasteiger partial charge in [0.2, 0.25) is 11.8 Å². The molecule has 2 saturated heterocycles. The molecule has 6 nitrogen and oxygen atoms in total. The predicted molar refractivity (Wildman–Crippen MR) is 151 cm³/mol. The maximum atomic E-state index is 13.6. The quantitative estimate of drug-likeness (QED) is 0.279. The van der Waals surface area contributed by atoms with Crippen LogP contribution < -0.4 is 4.90 Å². The number of halogens is 1. The van der Waals surface area contributed by atoms with Gasteiger partial charge in [0.15, 0.2) is 0 Å². The van der Waals surface area contributed by atoms with Crippen molar-refractivity contribution in [1.29, 1.82) is 0 Å². The van der Waals surface area contributed by atoms with Crippen molar-refractivity contribution in [1.82, 2.24) is 0 Å². The van der Waals surface area contributed by atoms with Gasteiger partial charge in [0.1, 0.15) is 5.75 Å². The lowest BCUT2D eigenvalue weighted by Crippen LogP contribution is -2.35. The number of amides is 2. The number of methoxy groups -OCH3 is 1. The number of ether oxygens (including phenoxy) is 2. The molecule has 1 aliphatic carbocycles. The van der Waals surface area contributed by atoms with Gasteiger partial charge in [0, 0.05) is 23.1 Å². The van der Waals surface area contributed by atoms with Gasteiger partial charge in [-0.15, -0.1) is 0 Å². The standard InChI is InChI=1S/C31H34BrNO5/c1-3-7-19(14-20-15-22(32)11-12-26(20)34)10-13-27-28-21(17-37-2)16-24-29(25(28)18-38-27)31(36)33(30(24)35)23-8-5-4-6-9-23/h4-6,8-9,11-12,14-15,24-25,27,29,34H,3,7,10,13,16-18H2,1-2H3/b19-14+/t24-,25+,27-,29-/m1/s1. The van der Waals surface area contributed by atoms with Gasteiger partial charge in [-0.05, 0) is 67.2 Å². The zero-order chi connectivity index (χ0) is 26.8. The number of phenols is 1. The third-order valence-corrected chi connectivity index (χ3v) is 8.48. The Hall–Kier alpha value is -2.74. The molecule has 0 bridgehead atoms. The maximum Gasteiger partial charge on any atom is 0.238 e. The summed E-state index contributed by atoms with van der Waals surface area (Å²) < 4.78 is 12.8. The Morgan fingerprint density at radius 2 is 1.92 bits per heavy atom. The molecule has 0 spiro atoms. The zero-order valence-corrected chi connectivity index (χ0v) is 23.4. The van der Waals surface area contributed by atoms with Crippen LogP contribution in [0.25, 0.3) is 6.08 Å². The summed E-state index contributed by atoms with van der Waals surface area (Å²) in [5.74, 6) is -0.862. The fourth-order valence-corrected chi connectivity index (χ4v) is 6.76. The van der Waals surface area contributed by atoms with E-state index in [0.717, 1.165) is 46.9 Å². The lowest BCUT2D eigenvalue weighted by atomic mass is 9.69. The van der Waals surface area contributed by atoms with Gasteiger partial charge in [-0.2, -0.15) is 0 Å². The molecule has 1 N–H and O–H groups in total. The number of aromatic hydroxyl groups is 1. The van der Waals surface area contributed by atoms with E-state index in [0.29, 0.717) is 25.3 Å². The number of benzene rings is 2. The highest BCUT2D eigenvalue weighted by molar-refractivity contribution is 9.10. The molecule has 3 aliphatic rings. The summed E-state index contributed by atoms with van der Waals surface area (Å²) in [4.78, 5) is 28.5. The van der Waals surface area contributed by atoms with Crippen LogP contribution in [-0.4, -0.2) is 43.3 Å². The smallest absolute Gasteiger partial charge is 0.238 e. The average molecular weight is 581 g/mol. The van der Waals surface area contributed by atoms with E-state index in [-0.39, 0.29) is 35.5 Å². The van der Waals surface area contributed by atoms with E-state index in [1.165, 1.54) is 10.5 Å². The van der Waals surface area contributed by atoms with Crippen LogP contribution in [-0.2, 0) is 19.1 Å². The maximum absolute atomic E-state index is 13.6. The molecule has 200 valence electrons. The second-order valence-electron chi connectivity index (χ2n) is 10.4. The highest BCUT2D eigenvalue weighted by Crippen LogP contribution is 2.50. The summed E-state index contributed by atoms with van der Waals surface area (Å²) in [5, 5.41) is 10.3. The fraction of sp³-hybridized carbons (Fsp3) is 0.419. The summed E-state index contributed by atoms with van der Waals surface area (Å²) in [6.07, 6.45) is 6.02. The summed E-state index contributed by atoms with van der Waals surface area (Å²) in [6, 6.07) is 14.7. The van der Waals surface area contributed by atoms with Crippen LogP contribution in [0.1, 0.15) is 44.6 Å².